The maximum Gasteiger partial charge on any atom is 0.0741 e. The van der Waals surface area contributed by atoms with Gasteiger partial charge in [-0.1, -0.05) is 29.3 Å². The lowest BCUT2D eigenvalue weighted by atomic mass is 9.78. The topological polar surface area (TPSA) is 23.5 Å². The highest BCUT2D eigenvalue weighted by atomic mass is 35.5. The quantitative estimate of drug-likeness (QED) is 0.903. The van der Waals surface area contributed by atoms with Gasteiger partial charge in [-0.25, -0.2) is 0 Å². The Labute approximate surface area is 117 Å². The summed E-state index contributed by atoms with van der Waals surface area (Å²) in [5, 5.41) is 12.2. The van der Waals surface area contributed by atoms with Gasteiger partial charge < -0.3 is 10.0 Å². The molecule has 2 aliphatic heterocycles. The van der Waals surface area contributed by atoms with E-state index in [2.05, 4.69) is 4.90 Å². The fourth-order valence-corrected chi connectivity index (χ4v) is 3.73. The van der Waals surface area contributed by atoms with Gasteiger partial charge in [-0.05, 0) is 37.1 Å². The minimum absolute atomic E-state index is 0.387. The van der Waals surface area contributed by atoms with Crippen LogP contribution in [-0.4, -0.2) is 35.2 Å². The minimum atomic E-state index is -0.593. The van der Waals surface area contributed by atoms with Crippen molar-refractivity contribution in [2.75, 3.05) is 19.6 Å². The molecule has 0 amide bonds. The van der Waals surface area contributed by atoms with Crippen molar-refractivity contribution in [2.45, 2.75) is 24.9 Å². The summed E-state index contributed by atoms with van der Waals surface area (Å²) in [6.07, 6.45) is 2.58. The molecule has 2 heterocycles. The second-order valence-electron chi connectivity index (χ2n) is 5.55. The Hall–Kier alpha value is -0.280. The summed E-state index contributed by atoms with van der Waals surface area (Å²) in [5.41, 5.74) is 0.411. The fraction of sp³-hybridized carbons (Fsp3) is 0.571. The summed E-state index contributed by atoms with van der Waals surface area (Å²) in [4.78, 5) is 2.43. The van der Waals surface area contributed by atoms with Crippen molar-refractivity contribution < 1.29 is 5.11 Å². The first-order chi connectivity index (χ1) is 8.57. The van der Waals surface area contributed by atoms with Gasteiger partial charge in [-0.2, -0.15) is 0 Å². The third kappa shape index (κ3) is 2.27. The highest BCUT2D eigenvalue weighted by molar-refractivity contribution is 6.35. The minimum Gasteiger partial charge on any atom is -0.389 e. The first kappa shape index (κ1) is 12.7. The number of aliphatic hydroxyl groups is 1. The molecule has 0 aromatic heterocycles. The van der Waals surface area contributed by atoms with Gasteiger partial charge in [-0.3, -0.25) is 0 Å². The number of fused-ring (bicyclic) bond motifs is 2. The Kier molecular flexibility index (Phi) is 3.31. The van der Waals surface area contributed by atoms with Crippen LogP contribution in [0.4, 0.5) is 0 Å². The van der Waals surface area contributed by atoms with Crippen molar-refractivity contribution in [1.82, 2.24) is 4.90 Å². The molecule has 2 saturated heterocycles. The molecule has 1 aromatic rings. The molecule has 2 nitrogen and oxygen atoms in total. The summed E-state index contributed by atoms with van der Waals surface area (Å²) in [7, 11) is 0. The van der Waals surface area contributed by atoms with Crippen molar-refractivity contribution in [1.29, 1.82) is 0 Å². The van der Waals surface area contributed by atoms with Gasteiger partial charge in [0.25, 0.3) is 0 Å². The van der Waals surface area contributed by atoms with Crippen LogP contribution >= 0.6 is 23.2 Å². The third-order valence-electron chi connectivity index (χ3n) is 4.40. The molecule has 18 heavy (non-hydrogen) atoms. The Morgan fingerprint density at radius 2 is 2.17 bits per heavy atom. The fourth-order valence-electron chi connectivity index (χ4n) is 3.26. The molecule has 3 atom stereocenters. The molecular weight excluding hydrogens is 269 g/mol. The lowest BCUT2D eigenvalue weighted by Crippen LogP contribution is -2.47. The van der Waals surface area contributed by atoms with Crippen molar-refractivity contribution >= 4 is 23.2 Å². The van der Waals surface area contributed by atoms with E-state index in [1.165, 1.54) is 0 Å². The number of piperidine rings is 1. The van der Waals surface area contributed by atoms with E-state index in [0.29, 0.717) is 22.4 Å². The third-order valence-corrected chi connectivity index (χ3v) is 4.99. The second-order valence-corrected chi connectivity index (χ2v) is 6.40. The molecule has 3 rings (SSSR count). The van der Waals surface area contributed by atoms with E-state index in [1.54, 1.807) is 6.07 Å². The van der Waals surface area contributed by atoms with E-state index >= 15 is 0 Å². The van der Waals surface area contributed by atoms with Crippen LogP contribution < -0.4 is 0 Å². The van der Waals surface area contributed by atoms with Crippen molar-refractivity contribution in [3.05, 3.63) is 33.8 Å². The van der Waals surface area contributed by atoms with Gasteiger partial charge in [0.05, 0.1) is 5.60 Å². The number of benzene rings is 1. The molecule has 2 aliphatic rings. The summed E-state index contributed by atoms with van der Waals surface area (Å²) in [6.45, 7) is 3.15. The zero-order valence-corrected chi connectivity index (χ0v) is 11.7. The molecule has 2 fully saturated rings. The lowest BCUT2D eigenvalue weighted by molar-refractivity contribution is -0.0438. The van der Waals surface area contributed by atoms with Crippen LogP contribution in [0.2, 0.25) is 10.0 Å². The highest BCUT2D eigenvalue weighted by Crippen LogP contribution is 2.39. The zero-order valence-electron chi connectivity index (χ0n) is 10.2. The van der Waals surface area contributed by atoms with E-state index in [9.17, 15) is 5.11 Å². The zero-order chi connectivity index (χ0) is 12.8. The van der Waals surface area contributed by atoms with Crippen LogP contribution in [0.3, 0.4) is 0 Å². The van der Waals surface area contributed by atoms with Gasteiger partial charge in [-0.15, -0.1) is 0 Å². The molecule has 3 unspecified atom stereocenters. The van der Waals surface area contributed by atoms with Crippen LogP contribution in [0.1, 0.15) is 18.4 Å². The van der Waals surface area contributed by atoms with E-state index in [1.807, 2.05) is 12.1 Å². The monoisotopic (exact) mass is 285 g/mol. The van der Waals surface area contributed by atoms with Gasteiger partial charge in [0.15, 0.2) is 0 Å². The van der Waals surface area contributed by atoms with Crippen molar-refractivity contribution in [3.8, 4) is 0 Å². The molecule has 1 N–H and O–H groups in total. The number of nitrogens with zero attached hydrogens (tertiary/aromatic N) is 1. The Balaban J connectivity index is 1.82. The molecule has 0 aliphatic carbocycles. The van der Waals surface area contributed by atoms with Crippen LogP contribution in [0, 0.1) is 5.92 Å². The lowest BCUT2D eigenvalue weighted by Gasteiger charge is -2.39. The molecule has 0 saturated carbocycles. The van der Waals surface area contributed by atoms with Crippen molar-refractivity contribution in [3.63, 3.8) is 0 Å². The van der Waals surface area contributed by atoms with Gasteiger partial charge in [0, 0.05) is 35.5 Å². The van der Waals surface area contributed by atoms with E-state index < -0.39 is 5.60 Å². The van der Waals surface area contributed by atoms with Gasteiger partial charge in [0.2, 0.25) is 0 Å². The van der Waals surface area contributed by atoms with Gasteiger partial charge in [0.1, 0.15) is 0 Å². The smallest absolute Gasteiger partial charge is 0.0741 e. The molecule has 1 aromatic carbocycles. The van der Waals surface area contributed by atoms with Crippen LogP contribution in [0.5, 0.6) is 0 Å². The SMILES string of the molecule is OC1(Cc2ccc(Cl)cc2Cl)CCN2CCC1C2. The first-order valence-corrected chi connectivity index (χ1v) is 7.21. The normalized spacial score (nSPS) is 34.8. The molecular formula is C14H17Cl2NO. The Morgan fingerprint density at radius 1 is 1.33 bits per heavy atom. The average molecular weight is 286 g/mol. The van der Waals surface area contributed by atoms with Crippen LogP contribution in [0.15, 0.2) is 18.2 Å². The maximum absolute atomic E-state index is 10.9. The Bertz CT molecular complexity index is 465. The maximum atomic E-state index is 10.9. The molecule has 0 spiro atoms. The second kappa shape index (κ2) is 4.68. The van der Waals surface area contributed by atoms with Crippen LogP contribution in [0.25, 0.3) is 0 Å². The molecule has 4 heteroatoms. The van der Waals surface area contributed by atoms with E-state index in [0.717, 1.165) is 38.0 Å². The van der Waals surface area contributed by atoms with E-state index in [4.69, 9.17) is 23.2 Å². The number of hydrogen-bond donors (Lipinski definition) is 1. The highest BCUT2D eigenvalue weighted by Gasteiger charge is 2.44. The summed E-state index contributed by atoms with van der Waals surface area (Å²) in [5.74, 6) is 0.387. The number of halogens is 2. The largest absolute Gasteiger partial charge is 0.389 e. The predicted molar refractivity (Wildman–Crippen MR) is 74.3 cm³/mol. The summed E-state index contributed by atoms with van der Waals surface area (Å²) < 4.78 is 0. The average Bonchev–Trinajstić information content (AvgIpc) is 2.74. The first-order valence-electron chi connectivity index (χ1n) is 6.45. The number of rotatable bonds is 2. The van der Waals surface area contributed by atoms with Gasteiger partial charge >= 0.3 is 0 Å². The molecule has 98 valence electrons. The van der Waals surface area contributed by atoms with Crippen molar-refractivity contribution in [2.24, 2.45) is 5.92 Å². The Morgan fingerprint density at radius 3 is 2.94 bits per heavy atom. The molecule has 2 bridgehead atoms. The summed E-state index contributed by atoms with van der Waals surface area (Å²) in [6, 6.07) is 5.53. The van der Waals surface area contributed by atoms with E-state index in [-0.39, 0.29) is 0 Å². The summed E-state index contributed by atoms with van der Waals surface area (Å²) >= 11 is 12.1. The number of hydrogen-bond acceptors (Lipinski definition) is 2. The standard InChI is InChI=1S/C14H17Cl2NO/c15-12-2-1-10(13(16)7-12)8-14(18)4-6-17-5-3-11(14)9-17/h1-2,7,11,18H,3-6,8-9H2. The predicted octanol–water partition coefficient (Wildman–Crippen LogP) is 2.99. The molecule has 0 radical (unpaired) electrons. The van der Waals surface area contributed by atoms with Crippen LogP contribution in [-0.2, 0) is 6.42 Å².